The van der Waals surface area contributed by atoms with Crippen molar-refractivity contribution < 1.29 is 9.15 Å². The topological polar surface area (TPSA) is 34.4 Å². The summed E-state index contributed by atoms with van der Waals surface area (Å²) in [6, 6.07) is 4.40. The zero-order chi connectivity index (χ0) is 11.8. The van der Waals surface area contributed by atoms with E-state index < -0.39 is 0 Å². The van der Waals surface area contributed by atoms with Crippen molar-refractivity contribution in [1.82, 2.24) is 5.32 Å². The van der Waals surface area contributed by atoms with E-state index in [1.54, 1.807) is 7.11 Å². The molecular weight excluding hydrogens is 270 g/mol. The predicted molar refractivity (Wildman–Crippen MR) is 66.2 cm³/mol. The molecule has 16 heavy (non-hydrogen) atoms. The molecule has 2 unspecified atom stereocenters. The van der Waals surface area contributed by atoms with Crippen LogP contribution in [0.25, 0.3) is 0 Å². The predicted octanol–water partition coefficient (Wildman–Crippen LogP) is 2.95. The number of hydrogen-bond acceptors (Lipinski definition) is 3. The smallest absolute Gasteiger partial charge is 0.169 e. The summed E-state index contributed by atoms with van der Waals surface area (Å²) in [6.07, 6.45) is 1.44. The minimum Gasteiger partial charge on any atom is -0.453 e. The van der Waals surface area contributed by atoms with Gasteiger partial charge in [-0.2, -0.15) is 0 Å². The summed E-state index contributed by atoms with van der Waals surface area (Å²) < 4.78 is 11.6. The number of furan rings is 1. The molecule has 2 rings (SSSR count). The Hall–Kier alpha value is -0.320. The molecule has 4 heteroatoms. The van der Waals surface area contributed by atoms with Crippen LogP contribution in [0.15, 0.2) is 21.2 Å². The molecule has 0 radical (unpaired) electrons. The highest BCUT2D eigenvalue weighted by molar-refractivity contribution is 9.10. The summed E-state index contributed by atoms with van der Waals surface area (Å²) in [5.41, 5.74) is 0.207. The van der Waals surface area contributed by atoms with Crippen molar-refractivity contribution in [3.8, 4) is 0 Å². The van der Waals surface area contributed by atoms with E-state index in [0.29, 0.717) is 12.1 Å². The molecule has 3 nitrogen and oxygen atoms in total. The van der Waals surface area contributed by atoms with E-state index in [1.807, 2.05) is 12.1 Å². The average molecular weight is 288 g/mol. The highest BCUT2D eigenvalue weighted by atomic mass is 79.9. The summed E-state index contributed by atoms with van der Waals surface area (Å²) >= 11 is 3.30. The molecule has 0 spiro atoms. The maximum absolute atomic E-state index is 5.45. The van der Waals surface area contributed by atoms with Gasteiger partial charge in [0.05, 0.1) is 12.6 Å². The van der Waals surface area contributed by atoms with Crippen molar-refractivity contribution in [2.24, 2.45) is 5.41 Å². The van der Waals surface area contributed by atoms with Crippen molar-refractivity contribution in [3.63, 3.8) is 0 Å². The molecular formula is C12H18BrNO2. The molecule has 1 aliphatic carbocycles. The molecule has 0 amide bonds. The van der Waals surface area contributed by atoms with Crippen molar-refractivity contribution >= 4 is 15.9 Å². The molecule has 1 aromatic heterocycles. The van der Waals surface area contributed by atoms with E-state index in [1.165, 1.54) is 0 Å². The van der Waals surface area contributed by atoms with Crippen LogP contribution in [-0.4, -0.2) is 19.3 Å². The van der Waals surface area contributed by atoms with Gasteiger partial charge in [-0.3, -0.25) is 0 Å². The molecule has 1 heterocycles. The molecule has 0 aromatic carbocycles. The maximum Gasteiger partial charge on any atom is 0.169 e. The minimum absolute atomic E-state index is 0.207. The van der Waals surface area contributed by atoms with Crippen molar-refractivity contribution in [3.05, 3.63) is 22.6 Å². The standard InChI is InChI=1S/C12H18BrNO2/c1-12(2)9(6-10(12)15-3)14-7-8-4-5-11(13)16-8/h4-5,9-10,14H,6-7H2,1-3H3. The second-order valence-corrected chi connectivity index (χ2v) is 5.70. The van der Waals surface area contributed by atoms with E-state index in [-0.39, 0.29) is 5.41 Å². The Morgan fingerprint density at radius 3 is 2.81 bits per heavy atom. The van der Waals surface area contributed by atoms with Gasteiger partial charge in [0, 0.05) is 18.6 Å². The quantitative estimate of drug-likeness (QED) is 0.925. The summed E-state index contributed by atoms with van der Waals surface area (Å²) in [4.78, 5) is 0. The Kier molecular flexibility index (Phi) is 3.42. The summed E-state index contributed by atoms with van der Waals surface area (Å²) in [5.74, 6) is 0.962. The lowest BCUT2D eigenvalue weighted by atomic mass is 9.64. The Morgan fingerprint density at radius 2 is 2.31 bits per heavy atom. The first kappa shape index (κ1) is 12.1. The highest BCUT2D eigenvalue weighted by Crippen LogP contribution is 2.42. The first-order valence-electron chi connectivity index (χ1n) is 5.54. The number of methoxy groups -OCH3 is 1. The molecule has 2 atom stereocenters. The van der Waals surface area contributed by atoms with E-state index >= 15 is 0 Å². The SMILES string of the molecule is COC1CC(NCc2ccc(Br)o2)C1(C)C. The molecule has 0 aliphatic heterocycles. The second kappa shape index (κ2) is 4.51. The maximum atomic E-state index is 5.45. The Balaban J connectivity index is 1.84. The van der Waals surface area contributed by atoms with Crippen LogP contribution in [0.3, 0.4) is 0 Å². The van der Waals surface area contributed by atoms with E-state index in [0.717, 1.165) is 23.4 Å². The fourth-order valence-corrected chi connectivity index (χ4v) is 2.64. The van der Waals surface area contributed by atoms with Gasteiger partial charge in [-0.05, 0) is 34.5 Å². The molecule has 1 aliphatic rings. The van der Waals surface area contributed by atoms with Gasteiger partial charge < -0.3 is 14.5 Å². The lowest BCUT2D eigenvalue weighted by Crippen LogP contribution is -2.60. The zero-order valence-electron chi connectivity index (χ0n) is 9.92. The van der Waals surface area contributed by atoms with E-state index in [9.17, 15) is 0 Å². The molecule has 1 aromatic rings. The summed E-state index contributed by atoms with van der Waals surface area (Å²) in [7, 11) is 1.78. The minimum atomic E-state index is 0.207. The van der Waals surface area contributed by atoms with Crippen LogP contribution in [0.2, 0.25) is 0 Å². The third-order valence-corrected chi connectivity index (χ3v) is 4.04. The first-order valence-corrected chi connectivity index (χ1v) is 6.33. The fraction of sp³-hybridized carbons (Fsp3) is 0.667. The second-order valence-electron chi connectivity index (χ2n) is 4.92. The fourth-order valence-electron chi connectivity index (χ4n) is 2.30. The van der Waals surface area contributed by atoms with Crippen LogP contribution < -0.4 is 5.32 Å². The van der Waals surface area contributed by atoms with Crippen molar-refractivity contribution in [2.45, 2.75) is 39.0 Å². The van der Waals surface area contributed by atoms with Crippen LogP contribution in [0.1, 0.15) is 26.0 Å². The highest BCUT2D eigenvalue weighted by Gasteiger charge is 2.48. The number of rotatable bonds is 4. The molecule has 90 valence electrons. The molecule has 1 N–H and O–H groups in total. The summed E-state index contributed by atoms with van der Waals surface area (Å²) in [5, 5.41) is 3.51. The number of halogens is 1. The van der Waals surface area contributed by atoms with Gasteiger partial charge in [0.2, 0.25) is 0 Å². The van der Waals surface area contributed by atoms with Crippen molar-refractivity contribution in [1.29, 1.82) is 0 Å². The first-order chi connectivity index (χ1) is 7.54. The summed E-state index contributed by atoms with van der Waals surface area (Å²) in [6.45, 7) is 5.25. The van der Waals surface area contributed by atoms with Gasteiger partial charge in [-0.1, -0.05) is 13.8 Å². The van der Waals surface area contributed by atoms with Crippen LogP contribution in [0, 0.1) is 5.41 Å². The molecule has 1 fully saturated rings. The van der Waals surface area contributed by atoms with Crippen LogP contribution >= 0.6 is 15.9 Å². The Bertz CT molecular complexity index is 362. The number of ether oxygens (including phenoxy) is 1. The zero-order valence-corrected chi connectivity index (χ0v) is 11.5. The molecule has 1 saturated carbocycles. The Labute approximate surface area is 105 Å². The molecule has 0 saturated heterocycles. The van der Waals surface area contributed by atoms with Crippen LogP contribution in [-0.2, 0) is 11.3 Å². The molecule has 0 bridgehead atoms. The van der Waals surface area contributed by atoms with E-state index in [2.05, 4.69) is 35.1 Å². The largest absolute Gasteiger partial charge is 0.453 e. The lowest BCUT2D eigenvalue weighted by Gasteiger charge is -2.51. The van der Waals surface area contributed by atoms with Gasteiger partial charge in [-0.15, -0.1) is 0 Å². The van der Waals surface area contributed by atoms with Crippen LogP contribution in [0.5, 0.6) is 0 Å². The van der Waals surface area contributed by atoms with Gasteiger partial charge in [-0.25, -0.2) is 0 Å². The average Bonchev–Trinajstić information content (AvgIpc) is 2.63. The number of hydrogen-bond donors (Lipinski definition) is 1. The number of nitrogens with one attached hydrogen (secondary N) is 1. The Morgan fingerprint density at radius 1 is 1.56 bits per heavy atom. The monoisotopic (exact) mass is 287 g/mol. The van der Waals surface area contributed by atoms with Gasteiger partial charge in [0.15, 0.2) is 4.67 Å². The van der Waals surface area contributed by atoms with Crippen molar-refractivity contribution in [2.75, 3.05) is 7.11 Å². The third-order valence-electron chi connectivity index (χ3n) is 3.61. The van der Waals surface area contributed by atoms with Gasteiger partial charge in [0.1, 0.15) is 5.76 Å². The normalized spacial score (nSPS) is 27.8. The van der Waals surface area contributed by atoms with Gasteiger partial charge in [0.25, 0.3) is 0 Å². The lowest BCUT2D eigenvalue weighted by molar-refractivity contribution is -0.0982. The third kappa shape index (κ3) is 2.19. The van der Waals surface area contributed by atoms with Gasteiger partial charge >= 0.3 is 0 Å². The van der Waals surface area contributed by atoms with Crippen LogP contribution in [0.4, 0.5) is 0 Å². The van der Waals surface area contributed by atoms with E-state index in [4.69, 9.17) is 9.15 Å².